The molecule has 166 valence electrons. The van der Waals surface area contributed by atoms with E-state index in [0.29, 0.717) is 5.89 Å². The fourth-order valence-electron chi connectivity index (χ4n) is 4.93. The van der Waals surface area contributed by atoms with Crippen molar-refractivity contribution in [3.63, 3.8) is 0 Å². The fourth-order valence-corrected chi connectivity index (χ4v) is 4.93. The molecule has 3 nitrogen and oxygen atoms in total. The molecule has 0 aliphatic rings. The van der Waals surface area contributed by atoms with Gasteiger partial charge >= 0.3 is 0 Å². The van der Waals surface area contributed by atoms with Gasteiger partial charge in [0.25, 0.3) is 0 Å². The van der Waals surface area contributed by atoms with Crippen LogP contribution in [0, 0.1) is 6.92 Å². The monoisotopic (exact) mass is 450 g/mol. The number of nitrogens with zero attached hydrogens (tertiary/aromatic N) is 2. The Hall–Kier alpha value is -4.63. The van der Waals surface area contributed by atoms with E-state index in [1.807, 2.05) is 6.07 Å². The molecule has 7 aromatic rings. The zero-order valence-corrected chi connectivity index (χ0v) is 19.3. The summed E-state index contributed by atoms with van der Waals surface area (Å²) in [5.41, 5.74) is 9.69. The lowest BCUT2D eigenvalue weighted by atomic mass is 10.0. The maximum atomic E-state index is 6.19. The third-order valence-corrected chi connectivity index (χ3v) is 6.73. The molecule has 0 unspecified atom stereocenters. The minimum atomic E-state index is 0.634. The van der Waals surface area contributed by atoms with Gasteiger partial charge < -0.3 is 8.98 Å². The Labute approximate surface area is 202 Å². The third kappa shape index (κ3) is 3.24. The fraction of sp³-hybridized carbons (Fsp3) is 0.0312. The Bertz CT molecular complexity index is 1780. The van der Waals surface area contributed by atoms with Crippen LogP contribution in [-0.2, 0) is 0 Å². The number of benzene rings is 5. The highest BCUT2D eigenvalue weighted by molar-refractivity contribution is 6.09. The summed E-state index contributed by atoms with van der Waals surface area (Å²) < 4.78 is 8.51. The molecule has 35 heavy (non-hydrogen) atoms. The maximum Gasteiger partial charge on any atom is 0.227 e. The van der Waals surface area contributed by atoms with Gasteiger partial charge in [-0.2, -0.15) is 0 Å². The lowest BCUT2D eigenvalue weighted by molar-refractivity contribution is 0.620. The van der Waals surface area contributed by atoms with Crippen LogP contribution in [-0.4, -0.2) is 9.55 Å². The number of para-hydroxylation sites is 2. The van der Waals surface area contributed by atoms with Crippen molar-refractivity contribution in [3.8, 4) is 28.3 Å². The maximum absolute atomic E-state index is 6.19. The second-order valence-electron chi connectivity index (χ2n) is 8.98. The molecule has 0 atom stereocenters. The predicted molar refractivity (Wildman–Crippen MR) is 144 cm³/mol. The Morgan fingerprint density at radius 1 is 0.600 bits per heavy atom. The standard InChI is InChI=1S/C32H22N2O/c1-21-10-12-22(13-11-21)24-16-19-28-31(20-24)35-32(33-28)23-14-17-25(18-15-23)34-29-8-4-2-6-26(29)27-7-3-5-9-30(27)34/h2-20H,1H3. The number of hydrogen-bond acceptors (Lipinski definition) is 2. The normalized spacial score (nSPS) is 11.6. The van der Waals surface area contributed by atoms with Crippen molar-refractivity contribution in [2.75, 3.05) is 0 Å². The first-order valence-electron chi connectivity index (χ1n) is 11.8. The van der Waals surface area contributed by atoms with Crippen molar-refractivity contribution in [3.05, 3.63) is 121 Å². The Balaban J connectivity index is 1.28. The van der Waals surface area contributed by atoms with Crippen LogP contribution in [0.1, 0.15) is 5.56 Å². The summed E-state index contributed by atoms with van der Waals surface area (Å²) >= 11 is 0. The zero-order valence-electron chi connectivity index (χ0n) is 19.3. The summed E-state index contributed by atoms with van der Waals surface area (Å²) in [6.07, 6.45) is 0. The van der Waals surface area contributed by atoms with Crippen molar-refractivity contribution >= 4 is 32.9 Å². The molecule has 2 aromatic heterocycles. The van der Waals surface area contributed by atoms with E-state index in [9.17, 15) is 0 Å². The smallest absolute Gasteiger partial charge is 0.227 e. The molecule has 3 heteroatoms. The molecule has 0 radical (unpaired) electrons. The van der Waals surface area contributed by atoms with Crippen molar-refractivity contribution in [2.45, 2.75) is 6.92 Å². The highest BCUT2D eigenvalue weighted by Crippen LogP contribution is 2.33. The molecular weight excluding hydrogens is 428 g/mol. The minimum absolute atomic E-state index is 0.634. The first kappa shape index (κ1) is 19.8. The van der Waals surface area contributed by atoms with Gasteiger partial charge in [0.2, 0.25) is 5.89 Å². The summed E-state index contributed by atoms with van der Waals surface area (Å²) in [4.78, 5) is 4.75. The summed E-state index contributed by atoms with van der Waals surface area (Å²) in [6, 6.07) is 40.3. The number of rotatable bonds is 3. The van der Waals surface area contributed by atoms with Gasteiger partial charge in [-0.05, 0) is 66.6 Å². The van der Waals surface area contributed by atoms with Gasteiger partial charge in [0.1, 0.15) is 5.52 Å². The van der Waals surface area contributed by atoms with Crippen molar-refractivity contribution < 1.29 is 4.42 Å². The Morgan fingerprint density at radius 3 is 1.89 bits per heavy atom. The highest BCUT2D eigenvalue weighted by atomic mass is 16.3. The van der Waals surface area contributed by atoms with Crippen LogP contribution in [0.3, 0.4) is 0 Å². The highest BCUT2D eigenvalue weighted by Gasteiger charge is 2.13. The van der Waals surface area contributed by atoms with Gasteiger partial charge in [-0.25, -0.2) is 4.98 Å². The van der Waals surface area contributed by atoms with Crippen LogP contribution in [0.25, 0.3) is 61.2 Å². The second-order valence-corrected chi connectivity index (χ2v) is 8.98. The van der Waals surface area contributed by atoms with Gasteiger partial charge in [0.15, 0.2) is 5.58 Å². The Kier molecular flexibility index (Phi) is 4.36. The van der Waals surface area contributed by atoms with Gasteiger partial charge in [0, 0.05) is 22.0 Å². The zero-order chi connectivity index (χ0) is 23.4. The third-order valence-electron chi connectivity index (χ3n) is 6.73. The van der Waals surface area contributed by atoms with Gasteiger partial charge in [-0.15, -0.1) is 0 Å². The van der Waals surface area contributed by atoms with Gasteiger partial charge in [-0.1, -0.05) is 72.3 Å². The van der Waals surface area contributed by atoms with Crippen LogP contribution in [0.4, 0.5) is 0 Å². The molecule has 0 saturated heterocycles. The summed E-state index contributed by atoms with van der Waals surface area (Å²) in [5.74, 6) is 0.634. The molecule has 0 aliphatic heterocycles. The topological polar surface area (TPSA) is 31.0 Å². The van der Waals surface area contributed by atoms with Crippen molar-refractivity contribution in [1.29, 1.82) is 0 Å². The predicted octanol–water partition coefficient (Wildman–Crippen LogP) is 8.57. The first-order valence-corrected chi connectivity index (χ1v) is 11.8. The van der Waals surface area contributed by atoms with Gasteiger partial charge in [-0.3, -0.25) is 0 Å². The van der Waals surface area contributed by atoms with E-state index in [1.165, 1.54) is 32.9 Å². The van der Waals surface area contributed by atoms with Crippen LogP contribution in [0.15, 0.2) is 120 Å². The largest absolute Gasteiger partial charge is 0.436 e. The molecule has 0 aliphatic carbocycles. The number of oxazole rings is 1. The average Bonchev–Trinajstić information content (AvgIpc) is 3.48. The average molecular weight is 451 g/mol. The summed E-state index contributed by atoms with van der Waals surface area (Å²) in [7, 11) is 0. The lowest BCUT2D eigenvalue weighted by Gasteiger charge is -2.08. The second kappa shape index (κ2) is 7.71. The molecule has 0 N–H and O–H groups in total. The molecule has 7 rings (SSSR count). The minimum Gasteiger partial charge on any atom is -0.436 e. The number of fused-ring (bicyclic) bond motifs is 4. The molecule has 0 amide bonds. The van der Waals surface area contributed by atoms with Crippen molar-refractivity contribution in [2.24, 2.45) is 0 Å². The van der Waals surface area contributed by atoms with E-state index < -0.39 is 0 Å². The van der Waals surface area contributed by atoms with E-state index in [1.54, 1.807) is 0 Å². The molecule has 5 aromatic carbocycles. The van der Waals surface area contributed by atoms with Crippen LogP contribution in [0.5, 0.6) is 0 Å². The molecule has 0 fully saturated rings. The quantitative estimate of drug-likeness (QED) is 0.270. The lowest BCUT2D eigenvalue weighted by Crippen LogP contribution is -1.93. The first-order chi connectivity index (χ1) is 17.2. The van der Waals surface area contributed by atoms with Crippen molar-refractivity contribution in [1.82, 2.24) is 9.55 Å². The number of aryl methyl sites for hydroxylation is 1. The number of hydrogen-bond donors (Lipinski definition) is 0. The molecular formula is C32H22N2O. The van der Waals surface area contributed by atoms with Crippen LogP contribution in [0.2, 0.25) is 0 Å². The van der Waals surface area contributed by atoms with E-state index in [-0.39, 0.29) is 0 Å². The van der Waals surface area contributed by atoms with Crippen LogP contribution < -0.4 is 0 Å². The van der Waals surface area contributed by atoms with Crippen LogP contribution >= 0.6 is 0 Å². The molecule has 2 heterocycles. The van der Waals surface area contributed by atoms with E-state index in [4.69, 9.17) is 9.40 Å². The van der Waals surface area contributed by atoms with E-state index >= 15 is 0 Å². The van der Waals surface area contributed by atoms with E-state index in [2.05, 4.69) is 121 Å². The number of aromatic nitrogens is 2. The molecule has 0 spiro atoms. The summed E-state index contributed by atoms with van der Waals surface area (Å²) in [6.45, 7) is 2.10. The van der Waals surface area contributed by atoms with Gasteiger partial charge in [0.05, 0.1) is 11.0 Å². The summed E-state index contributed by atoms with van der Waals surface area (Å²) in [5, 5.41) is 2.52. The Morgan fingerprint density at radius 2 is 1.20 bits per heavy atom. The van der Waals surface area contributed by atoms with E-state index in [0.717, 1.165) is 27.9 Å². The molecule has 0 bridgehead atoms. The molecule has 0 saturated carbocycles. The SMILES string of the molecule is Cc1ccc(-c2ccc3nc(-c4ccc(-n5c6ccccc6c6ccccc65)cc4)oc3c2)cc1.